The molecule has 1 aliphatic rings. The van der Waals surface area contributed by atoms with Gasteiger partial charge in [-0.1, -0.05) is 24.3 Å². The highest BCUT2D eigenvalue weighted by Crippen LogP contribution is 2.28. The van der Waals surface area contributed by atoms with Gasteiger partial charge < -0.3 is 14.8 Å². The number of hydrogen-bond donors (Lipinski definition) is 1. The van der Waals surface area contributed by atoms with Crippen molar-refractivity contribution in [3.8, 4) is 11.5 Å². The normalized spacial score (nSPS) is 15.6. The van der Waals surface area contributed by atoms with Crippen LogP contribution in [-0.2, 0) is 14.8 Å². The summed E-state index contributed by atoms with van der Waals surface area (Å²) >= 11 is 0. The molecule has 32 heavy (non-hydrogen) atoms. The average molecular weight is 459 g/mol. The maximum Gasteiger partial charge on any atom is 0.244 e. The van der Waals surface area contributed by atoms with Crippen LogP contribution in [0.1, 0.15) is 25.3 Å². The molecule has 7 nitrogen and oxygen atoms in total. The Morgan fingerprint density at radius 1 is 1.12 bits per heavy atom. The van der Waals surface area contributed by atoms with E-state index in [1.54, 1.807) is 43.5 Å². The van der Waals surface area contributed by atoms with Gasteiger partial charge in [-0.2, -0.15) is 4.31 Å². The number of carbonyl (C=O) groups excluding carboxylic acids is 1. The number of carbonyl (C=O) groups is 1. The first-order valence-corrected chi connectivity index (χ1v) is 12.2. The van der Waals surface area contributed by atoms with Crippen molar-refractivity contribution in [3.63, 3.8) is 0 Å². The van der Waals surface area contributed by atoms with Gasteiger partial charge in [0.15, 0.2) is 11.5 Å². The number of nitrogens with zero attached hydrogens (tertiary/aromatic N) is 1. The number of piperidine rings is 1. The molecule has 0 aromatic heterocycles. The van der Waals surface area contributed by atoms with Crippen LogP contribution in [0.4, 0.5) is 0 Å². The summed E-state index contributed by atoms with van der Waals surface area (Å²) in [6.45, 7) is 3.89. The van der Waals surface area contributed by atoms with Gasteiger partial charge in [0.25, 0.3) is 0 Å². The predicted octanol–water partition coefficient (Wildman–Crippen LogP) is 3.32. The molecule has 0 saturated carbocycles. The minimum absolute atomic E-state index is 0.183. The quantitative estimate of drug-likeness (QED) is 0.583. The Kier molecular flexibility index (Phi) is 8.30. The Balaban J connectivity index is 1.47. The number of methoxy groups -OCH3 is 1. The van der Waals surface area contributed by atoms with E-state index in [0.29, 0.717) is 55.5 Å². The highest BCUT2D eigenvalue weighted by Gasteiger charge is 2.29. The first kappa shape index (κ1) is 23.8. The largest absolute Gasteiger partial charge is 0.493 e. The van der Waals surface area contributed by atoms with E-state index in [2.05, 4.69) is 5.32 Å². The van der Waals surface area contributed by atoms with Gasteiger partial charge in [-0.25, -0.2) is 8.42 Å². The van der Waals surface area contributed by atoms with Gasteiger partial charge in [-0.3, -0.25) is 4.79 Å². The van der Waals surface area contributed by atoms with E-state index in [4.69, 9.17) is 9.47 Å². The van der Waals surface area contributed by atoms with Crippen LogP contribution >= 0.6 is 0 Å². The number of ether oxygens (including phenoxy) is 2. The Hall–Kier alpha value is -2.84. The third-order valence-electron chi connectivity index (χ3n) is 5.43. The van der Waals surface area contributed by atoms with E-state index in [9.17, 15) is 13.2 Å². The van der Waals surface area contributed by atoms with Crippen LogP contribution in [-0.4, -0.2) is 52.0 Å². The van der Waals surface area contributed by atoms with Crippen LogP contribution < -0.4 is 14.8 Å². The van der Waals surface area contributed by atoms with Crippen molar-refractivity contribution in [1.29, 1.82) is 0 Å². The summed E-state index contributed by atoms with van der Waals surface area (Å²) < 4.78 is 37.8. The molecule has 1 heterocycles. The number of nitrogens with one attached hydrogen (secondary N) is 1. The van der Waals surface area contributed by atoms with Crippen molar-refractivity contribution < 1.29 is 22.7 Å². The smallest absolute Gasteiger partial charge is 0.244 e. The van der Waals surface area contributed by atoms with E-state index < -0.39 is 10.0 Å². The summed E-state index contributed by atoms with van der Waals surface area (Å²) in [5.41, 5.74) is 0.833. The Labute approximate surface area is 190 Å². The summed E-state index contributed by atoms with van der Waals surface area (Å²) in [5, 5.41) is 2.92. The van der Waals surface area contributed by atoms with Crippen LogP contribution in [0.5, 0.6) is 11.5 Å². The molecule has 172 valence electrons. The molecule has 1 amide bonds. The van der Waals surface area contributed by atoms with Crippen molar-refractivity contribution in [2.24, 2.45) is 5.92 Å². The van der Waals surface area contributed by atoms with Gasteiger partial charge in [0.05, 0.1) is 18.6 Å². The zero-order valence-electron chi connectivity index (χ0n) is 18.5. The molecule has 1 fully saturated rings. The van der Waals surface area contributed by atoms with Crippen molar-refractivity contribution >= 4 is 22.0 Å². The van der Waals surface area contributed by atoms with Crippen LogP contribution in [0, 0.1) is 5.92 Å². The van der Waals surface area contributed by atoms with Crippen molar-refractivity contribution in [1.82, 2.24) is 9.62 Å². The van der Waals surface area contributed by atoms with Crippen LogP contribution in [0.3, 0.4) is 0 Å². The second-order valence-electron chi connectivity index (χ2n) is 7.58. The number of amides is 1. The van der Waals surface area contributed by atoms with Gasteiger partial charge >= 0.3 is 0 Å². The van der Waals surface area contributed by atoms with Crippen molar-refractivity contribution in [2.75, 3.05) is 33.4 Å². The minimum Gasteiger partial charge on any atom is -0.493 e. The van der Waals surface area contributed by atoms with E-state index in [0.717, 1.165) is 5.56 Å². The van der Waals surface area contributed by atoms with Gasteiger partial charge in [0.1, 0.15) is 0 Å². The van der Waals surface area contributed by atoms with E-state index in [1.807, 2.05) is 25.1 Å². The first-order valence-electron chi connectivity index (χ1n) is 10.8. The summed E-state index contributed by atoms with van der Waals surface area (Å²) in [7, 11) is -1.88. The molecule has 0 radical (unpaired) electrons. The molecule has 0 unspecified atom stereocenters. The topological polar surface area (TPSA) is 84.9 Å². The molecule has 2 aromatic rings. The standard InChI is InChI=1S/C24H30N2O5S/c1-3-31-22-11-9-19(17-23(22)30-2)10-12-24(27)25-18-20-13-15-26(16-14-20)32(28,29)21-7-5-4-6-8-21/h4-12,17,20H,3,13-16,18H2,1-2H3,(H,25,27)/b12-10+. The van der Waals surface area contributed by atoms with Gasteiger partial charge in [-0.15, -0.1) is 0 Å². The SMILES string of the molecule is CCOc1ccc(/C=C/C(=O)NCC2CCN(S(=O)(=O)c3ccccc3)CC2)cc1OC. The maximum atomic E-state index is 12.7. The summed E-state index contributed by atoms with van der Waals surface area (Å²) in [4.78, 5) is 12.6. The fourth-order valence-corrected chi connectivity index (χ4v) is 5.12. The lowest BCUT2D eigenvalue weighted by molar-refractivity contribution is -0.116. The lowest BCUT2D eigenvalue weighted by Crippen LogP contribution is -2.41. The molecule has 3 rings (SSSR count). The Morgan fingerprint density at radius 3 is 2.50 bits per heavy atom. The zero-order valence-corrected chi connectivity index (χ0v) is 19.3. The minimum atomic E-state index is -3.45. The molecule has 0 atom stereocenters. The molecule has 2 aromatic carbocycles. The molecule has 8 heteroatoms. The molecule has 0 spiro atoms. The second kappa shape index (κ2) is 11.2. The third kappa shape index (κ3) is 6.11. The van der Waals surface area contributed by atoms with Crippen LogP contribution in [0.25, 0.3) is 6.08 Å². The lowest BCUT2D eigenvalue weighted by Gasteiger charge is -2.31. The van der Waals surface area contributed by atoms with E-state index >= 15 is 0 Å². The number of rotatable bonds is 9. The molecule has 1 aliphatic heterocycles. The summed E-state index contributed by atoms with van der Waals surface area (Å²) in [5.74, 6) is 1.35. The molecule has 0 aliphatic carbocycles. The molecule has 1 saturated heterocycles. The highest BCUT2D eigenvalue weighted by molar-refractivity contribution is 7.89. The highest BCUT2D eigenvalue weighted by atomic mass is 32.2. The Morgan fingerprint density at radius 2 is 1.84 bits per heavy atom. The van der Waals surface area contributed by atoms with E-state index in [1.165, 1.54) is 10.4 Å². The fourth-order valence-electron chi connectivity index (χ4n) is 3.63. The van der Waals surface area contributed by atoms with E-state index in [-0.39, 0.29) is 11.8 Å². The summed E-state index contributed by atoms with van der Waals surface area (Å²) in [6.07, 6.45) is 4.64. The molecule has 1 N–H and O–H groups in total. The molecular weight excluding hydrogens is 428 g/mol. The van der Waals surface area contributed by atoms with Gasteiger partial charge in [-0.05, 0) is 61.6 Å². The fraction of sp³-hybridized carbons (Fsp3) is 0.375. The molecule has 0 bridgehead atoms. The monoisotopic (exact) mass is 458 g/mol. The Bertz CT molecular complexity index is 1030. The van der Waals surface area contributed by atoms with Gasteiger partial charge in [0.2, 0.25) is 15.9 Å². The number of sulfonamides is 1. The van der Waals surface area contributed by atoms with Crippen molar-refractivity contribution in [2.45, 2.75) is 24.7 Å². The molecular formula is C24H30N2O5S. The predicted molar refractivity (Wildman–Crippen MR) is 124 cm³/mol. The first-order chi connectivity index (χ1) is 15.4. The number of hydrogen-bond acceptors (Lipinski definition) is 5. The second-order valence-corrected chi connectivity index (χ2v) is 9.52. The zero-order chi connectivity index (χ0) is 23.0. The van der Waals surface area contributed by atoms with Crippen molar-refractivity contribution in [3.05, 3.63) is 60.2 Å². The third-order valence-corrected chi connectivity index (χ3v) is 7.35. The lowest BCUT2D eigenvalue weighted by atomic mass is 9.98. The van der Waals surface area contributed by atoms with Crippen LogP contribution in [0.2, 0.25) is 0 Å². The number of benzene rings is 2. The average Bonchev–Trinajstić information content (AvgIpc) is 2.83. The van der Waals surface area contributed by atoms with Crippen LogP contribution in [0.15, 0.2) is 59.5 Å². The maximum absolute atomic E-state index is 12.7. The summed E-state index contributed by atoms with van der Waals surface area (Å²) in [6, 6.07) is 14.0. The van der Waals surface area contributed by atoms with Gasteiger partial charge in [0, 0.05) is 25.7 Å².